The number of pyridine rings is 2. The molecule has 0 saturated carbocycles. The summed E-state index contributed by atoms with van der Waals surface area (Å²) < 4.78 is 14.5. The molecule has 0 unspecified atom stereocenters. The predicted molar refractivity (Wildman–Crippen MR) is 72.3 cm³/mol. The number of benzene rings is 1. The van der Waals surface area contributed by atoms with Crippen LogP contribution >= 0.6 is 11.6 Å². The molecule has 0 saturated heterocycles. The lowest BCUT2D eigenvalue weighted by atomic mass is 10.2. The molecule has 0 fully saturated rings. The van der Waals surface area contributed by atoms with Crippen LogP contribution in [0, 0.1) is 5.82 Å². The molecular weight excluding hydrogens is 267 g/mol. The lowest BCUT2D eigenvalue weighted by Gasteiger charge is -2.07. The van der Waals surface area contributed by atoms with E-state index < -0.39 is 5.82 Å². The van der Waals surface area contributed by atoms with Crippen molar-refractivity contribution in [3.63, 3.8) is 0 Å². The van der Waals surface area contributed by atoms with Crippen LogP contribution < -0.4 is 5.56 Å². The van der Waals surface area contributed by atoms with Crippen molar-refractivity contribution in [2.75, 3.05) is 0 Å². The van der Waals surface area contributed by atoms with Gasteiger partial charge in [0.2, 0.25) is 0 Å². The fourth-order valence-electron chi connectivity index (χ4n) is 1.95. The third-order valence-corrected chi connectivity index (χ3v) is 3.07. The van der Waals surface area contributed by atoms with Crippen molar-refractivity contribution < 1.29 is 4.39 Å². The van der Waals surface area contributed by atoms with Crippen molar-refractivity contribution in [2.45, 2.75) is 0 Å². The second kappa shape index (κ2) is 4.48. The number of hydrogen-bond donors (Lipinski definition) is 0. The monoisotopic (exact) mass is 274 g/mol. The smallest absolute Gasteiger partial charge is 0.263 e. The number of hydrogen-bond acceptors (Lipinski definition) is 2. The predicted octanol–water partition coefficient (Wildman–Crippen LogP) is 3.18. The molecule has 0 amide bonds. The fraction of sp³-hybridized carbons (Fsp3) is 0. The van der Waals surface area contributed by atoms with Crippen LogP contribution in [-0.4, -0.2) is 9.55 Å². The Labute approximate surface area is 112 Å². The number of nitrogens with zero attached hydrogens (tertiary/aromatic N) is 2. The van der Waals surface area contributed by atoms with Crippen molar-refractivity contribution in [3.05, 3.63) is 70.1 Å². The van der Waals surface area contributed by atoms with Gasteiger partial charge >= 0.3 is 0 Å². The summed E-state index contributed by atoms with van der Waals surface area (Å²) in [7, 11) is 0. The Kier molecular flexibility index (Phi) is 2.80. The average Bonchev–Trinajstić information content (AvgIpc) is 2.39. The highest BCUT2D eigenvalue weighted by Crippen LogP contribution is 2.17. The Morgan fingerprint density at radius 3 is 2.79 bits per heavy atom. The highest BCUT2D eigenvalue weighted by molar-refractivity contribution is 6.31. The van der Waals surface area contributed by atoms with Crippen molar-refractivity contribution in [3.8, 4) is 5.69 Å². The lowest BCUT2D eigenvalue weighted by molar-refractivity contribution is 0.619. The van der Waals surface area contributed by atoms with Gasteiger partial charge in [-0.15, -0.1) is 0 Å². The van der Waals surface area contributed by atoms with Crippen LogP contribution in [0.1, 0.15) is 0 Å². The second-order valence-corrected chi connectivity index (χ2v) is 4.52. The Bertz CT molecular complexity index is 829. The van der Waals surface area contributed by atoms with E-state index in [-0.39, 0.29) is 5.56 Å². The molecule has 3 nitrogen and oxygen atoms in total. The van der Waals surface area contributed by atoms with Crippen molar-refractivity contribution in [1.82, 2.24) is 9.55 Å². The molecule has 2 heterocycles. The summed E-state index contributed by atoms with van der Waals surface area (Å²) >= 11 is 5.88. The molecule has 0 aliphatic carbocycles. The number of halogens is 2. The molecule has 19 heavy (non-hydrogen) atoms. The van der Waals surface area contributed by atoms with Crippen LogP contribution in [0.3, 0.4) is 0 Å². The van der Waals surface area contributed by atoms with E-state index >= 15 is 0 Å². The zero-order valence-corrected chi connectivity index (χ0v) is 10.4. The molecule has 2 aromatic heterocycles. The van der Waals surface area contributed by atoms with Crippen LogP contribution in [-0.2, 0) is 0 Å². The Hall–Kier alpha value is -2.20. The third-order valence-electron chi connectivity index (χ3n) is 2.83. The summed E-state index contributed by atoms with van der Waals surface area (Å²) in [6.07, 6.45) is 4.11. The zero-order valence-electron chi connectivity index (χ0n) is 9.68. The van der Waals surface area contributed by atoms with Crippen molar-refractivity contribution in [2.24, 2.45) is 0 Å². The van der Waals surface area contributed by atoms with Gasteiger partial charge in [-0.2, -0.15) is 0 Å². The highest BCUT2D eigenvalue weighted by Gasteiger charge is 2.06. The van der Waals surface area contributed by atoms with E-state index in [1.165, 1.54) is 16.8 Å². The fourth-order valence-corrected chi connectivity index (χ4v) is 2.13. The van der Waals surface area contributed by atoms with E-state index in [9.17, 15) is 9.18 Å². The van der Waals surface area contributed by atoms with E-state index in [0.29, 0.717) is 16.1 Å². The first-order valence-electron chi connectivity index (χ1n) is 5.57. The first kappa shape index (κ1) is 11.9. The van der Waals surface area contributed by atoms with Gasteiger partial charge in [0.05, 0.1) is 18.1 Å². The molecule has 94 valence electrons. The van der Waals surface area contributed by atoms with E-state index in [2.05, 4.69) is 4.98 Å². The van der Waals surface area contributed by atoms with E-state index in [4.69, 9.17) is 11.6 Å². The van der Waals surface area contributed by atoms with Crippen molar-refractivity contribution in [1.29, 1.82) is 0 Å². The van der Waals surface area contributed by atoms with E-state index in [1.54, 1.807) is 30.5 Å². The van der Waals surface area contributed by atoms with Crippen LogP contribution in [0.15, 0.2) is 53.7 Å². The Morgan fingerprint density at radius 2 is 2.00 bits per heavy atom. The maximum atomic E-state index is 13.2. The summed E-state index contributed by atoms with van der Waals surface area (Å²) in [6, 6.07) is 8.04. The minimum absolute atomic E-state index is 0.235. The van der Waals surface area contributed by atoms with Crippen LogP contribution in [0.4, 0.5) is 4.39 Å². The van der Waals surface area contributed by atoms with Crippen LogP contribution in [0.5, 0.6) is 0 Å². The van der Waals surface area contributed by atoms with Crippen LogP contribution in [0.25, 0.3) is 16.5 Å². The molecule has 0 aliphatic heterocycles. The molecule has 3 aromatic rings. The van der Waals surface area contributed by atoms with E-state index in [1.807, 2.05) is 0 Å². The SMILES string of the molecule is O=c1c2ccc(Cl)cc2ccn1-c1cncc(F)c1. The van der Waals surface area contributed by atoms with Gasteiger partial charge in [0.1, 0.15) is 5.82 Å². The molecule has 0 N–H and O–H groups in total. The quantitative estimate of drug-likeness (QED) is 0.683. The Balaban J connectivity index is 2.29. The normalized spacial score (nSPS) is 10.8. The zero-order chi connectivity index (χ0) is 13.4. The van der Waals surface area contributed by atoms with Gasteiger partial charge in [0.25, 0.3) is 5.56 Å². The highest BCUT2D eigenvalue weighted by atomic mass is 35.5. The molecule has 0 aliphatic rings. The molecule has 0 atom stereocenters. The van der Waals surface area contributed by atoms with Gasteiger partial charge in [0.15, 0.2) is 0 Å². The minimum Gasteiger partial charge on any atom is -0.282 e. The average molecular weight is 275 g/mol. The molecule has 0 spiro atoms. The van der Waals surface area contributed by atoms with E-state index in [0.717, 1.165) is 11.6 Å². The summed E-state index contributed by atoms with van der Waals surface area (Å²) in [6.45, 7) is 0. The summed E-state index contributed by atoms with van der Waals surface area (Å²) in [4.78, 5) is 16.1. The van der Waals surface area contributed by atoms with Gasteiger partial charge < -0.3 is 0 Å². The molecule has 5 heteroatoms. The summed E-state index contributed by atoms with van der Waals surface area (Å²) in [5.74, 6) is -0.486. The maximum Gasteiger partial charge on any atom is 0.263 e. The van der Waals surface area contributed by atoms with Gasteiger partial charge in [-0.3, -0.25) is 14.3 Å². The first-order valence-corrected chi connectivity index (χ1v) is 5.95. The second-order valence-electron chi connectivity index (χ2n) is 4.08. The third kappa shape index (κ3) is 2.11. The summed E-state index contributed by atoms with van der Waals surface area (Å²) in [5, 5.41) is 1.84. The largest absolute Gasteiger partial charge is 0.282 e. The number of aromatic nitrogens is 2. The first-order chi connectivity index (χ1) is 9.15. The van der Waals surface area contributed by atoms with Gasteiger partial charge in [0, 0.05) is 22.7 Å². The Morgan fingerprint density at radius 1 is 1.16 bits per heavy atom. The van der Waals surface area contributed by atoms with Crippen molar-refractivity contribution >= 4 is 22.4 Å². The number of fused-ring (bicyclic) bond motifs is 1. The summed E-state index contributed by atoms with van der Waals surface area (Å²) in [5.41, 5.74) is 0.156. The molecule has 0 radical (unpaired) electrons. The molecule has 0 bridgehead atoms. The van der Waals surface area contributed by atoms with Gasteiger partial charge in [-0.05, 0) is 29.7 Å². The minimum atomic E-state index is -0.486. The molecule has 1 aromatic carbocycles. The number of rotatable bonds is 1. The lowest BCUT2D eigenvalue weighted by Crippen LogP contribution is -2.17. The van der Waals surface area contributed by atoms with Gasteiger partial charge in [-0.1, -0.05) is 11.6 Å². The standard InChI is InChI=1S/C14H8ClFN2O/c15-10-1-2-13-9(5-10)3-4-18(14(13)19)12-6-11(16)7-17-8-12/h1-8H. The molecule has 3 rings (SSSR count). The topological polar surface area (TPSA) is 34.9 Å². The maximum absolute atomic E-state index is 13.2. The van der Waals surface area contributed by atoms with Gasteiger partial charge in [-0.25, -0.2) is 4.39 Å². The van der Waals surface area contributed by atoms with Crippen LogP contribution in [0.2, 0.25) is 5.02 Å². The molecular formula is C14H8ClFN2O.